The normalized spacial score (nSPS) is 10.1. The number of carbonyl (C=O) groups is 1. The molecule has 1 aromatic carbocycles. The van der Waals surface area contributed by atoms with E-state index in [0.717, 1.165) is 12.2 Å². The maximum Gasteiger partial charge on any atom is 0.274 e. The van der Waals surface area contributed by atoms with Gasteiger partial charge in [-0.15, -0.1) is 0 Å². The monoisotopic (exact) mass is 285 g/mol. The van der Waals surface area contributed by atoms with Gasteiger partial charge in [-0.05, 0) is 30.7 Å². The summed E-state index contributed by atoms with van der Waals surface area (Å²) in [6.45, 7) is 1.14. The fourth-order valence-corrected chi connectivity index (χ4v) is 1.89. The van der Waals surface area contributed by atoms with Gasteiger partial charge >= 0.3 is 0 Å². The van der Waals surface area contributed by atoms with E-state index in [1.54, 1.807) is 30.3 Å². The van der Waals surface area contributed by atoms with Crippen LogP contribution >= 0.6 is 0 Å². The molecule has 0 saturated heterocycles. The number of nitrogen functional groups attached to an aromatic ring is 1. The summed E-state index contributed by atoms with van der Waals surface area (Å²) in [4.78, 5) is 17.8. The lowest BCUT2D eigenvalue weighted by Gasteiger charge is -2.17. The van der Waals surface area contributed by atoms with E-state index >= 15 is 0 Å². The molecule has 0 radical (unpaired) electrons. The molecule has 1 heterocycles. The average molecular weight is 285 g/mol. The first kappa shape index (κ1) is 14.8. The molecule has 0 atom stereocenters. The number of hydrogen-bond acceptors (Lipinski definition) is 4. The molecule has 1 aromatic heterocycles. The molecule has 0 saturated carbocycles. The number of amides is 1. The Hall–Kier alpha value is -2.56. The molecular weight excluding hydrogens is 266 g/mol. The van der Waals surface area contributed by atoms with Crippen LogP contribution in [0.3, 0.4) is 0 Å². The summed E-state index contributed by atoms with van der Waals surface area (Å²) in [7, 11) is 1.74. The quantitative estimate of drug-likeness (QED) is 0.826. The van der Waals surface area contributed by atoms with Crippen LogP contribution in [0.5, 0.6) is 5.75 Å². The Bertz CT molecular complexity index is 587. The van der Waals surface area contributed by atoms with Crippen molar-refractivity contribution < 1.29 is 9.53 Å². The van der Waals surface area contributed by atoms with Gasteiger partial charge in [0.05, 0.1) is 12.3 Å². The lowest BCUT2D eigenvalue weighted by molar-refractivity contribution is 0.0783. The van der Waals surface area contributed by atoms with Crippen LogP contribution in [0.25, 0.3) is 0 Å². The maximum absolute atomic E-state index is 12.2. The molecule has 2 rings (SSSR count). The molecule has 0 fully saturated rings. The number of hydrogen-bond donors (Lipinski definition) is 1. The largest absolute Gasteiger partial charge is 0.494 e. The van der Waals surface area contributed by atoms with Gasteiger partial charge in [0.1, 0.15) is 5.75 Å². The lowest BCUT2D eigenvalue weighted by atomic mass is 10.2. The molecule has 0 aliphatic heterocycles. The van der Waals surface area contributed by atoms with E-state index in [2.05, 4.69) is 4.98 Å². The minimum Gasteiger partial charge on any atom is -0.494 e. The highest BCUT2D eigenvalue weighted by Crippen LogP contribution is 2.11. The maximum atomic E-state index is 12.2. The van der Waals surface area contributed by atoms with E-state index in [1.807, 2.05) is 30.3 Å². The van der Waals surface area contributed by atoms with Crippen molar-refractivity contribution in [3.63, 3.8) is 0 Å². The minimum atomic E-state index is -0.173. The predicted molar refractivity (Wildman–Crippen MR) is 82.2 cm³/mol. The Kier molecular flexibility index (Phi) is 5.15. The molecule has 0 bridgehead atoms. The van der Waals surface area contributed by atoms with Crippen LogP contribution in [0.15, 0.2) is 48.7 Å². The summed E-state index contributed by atoms with van der Waals surface area (Å²) in [6.07, 6.45) is 2.31. The zero-order chi connectivity index (χ0) is 15.1. The molecule has 110 valence electrons. The third kappa shape index (κ3) is 4.21. The van der Waals surface area contributed by atoms with E-state index in [-0.39, 0.29) is 5.91 Å². The molecule has 5 heteroatoms. The summed E-state index contributed by atoms with van der Waals surface area (Å²) in [5.41, 5.74) is 6.45. The number of nitrogens with zero attached hydrogens (tertiary/aromatic N) is 2. The van der Waals surface area contributed by atoms with Gasteiger partial charge in [0.15, 0.2) is 5.69 Å². The van der Waals surface area contributed by atoms with Crippen LogP contribution in [0, 0.1) is 0 Å². The SMILES string of the molecule is CN(CCCOc1ccccc1)C(=O)c1ncccc1N. The minimum absolute atomic E-state index is 0.173. The van der Waals surface area contributed by atoms with Crippen LogP contribution in [-0.2, 0) is 0 Å². The van der Waals surface area contributed by atoms with Crippen LogP contribution in [-0.4, -0.2) is 36.0 Å². The molecule has 0 aliphatic carbocycles. The highest BCUT2D eigenvalue weighted by Gasteiger charge is 2.15. The molecule has 21 heavy (non-hydrogen) atoms. The zero-order valence-corrected chi connectivity index (χ0v) is 12.0. The number of carbonyl (C=O) groups excluding carboxylic acids is 1. The summed E-state index contributed by atoms with van der Waals surface area (Å²) >= 11 is 0. The fourth-order valence-electron chi connectivity index (χ4n) is 1.89. The first-order valence-electron chi connectivity index (χ1n) is 6.82. The van der Waals surface area contributed by atoms with E-state index in [0.29, 0.717) is 24.5 Å². The molecular formula is C16H19N3O2. The Balaban J connectivity index is 1.78. The fraction of sp³-hybridized carbons (Fsp3) is 0.250. The number of anilines is 1. The van der Waals surface area contributed by atoms with Crippen LogP contribution in [0.1, 0.15) is 16.9 Å². The Morgan fingerprint density at radius 1 is 1.24 bits per heavy atom. The lowest BCUT2D eigenvalue weighted by Crippen LogP contribution is -2.30. The number of nitrogens with two attached hydrogens (primary N) is 1. The van der Waals surface area contributed by atoms with Crippen molar-refractivity contribution in [1.29, 1.82) is 0 Å². The zero-order valence-electron chi connectivity index (χ0n) is 12.0. The smallest absolute Gasteiger partial charge is 0.274 e. The number of para-hydroxylation sites is 1. The summed E-state index contributed by atoms with van der Waals surface area (Å²) in [5, 5.41) is 0. The van der Waals surface area contributed by atoms with Gasteiger partial charge in [0.2, 0.25) is 0 Å². The van der Waals surface area contributed by atoms with Crippen molar-refractivity contribution in [2.24, 2.45) is 0 Å². The van der Waals surface area contributed by atoms with Gasteiger partial charge in [-0.1, -0.05) is 18.2 Å². The third-order valence-corrected chi connectivity index (χ3v) is 3.04. The summed E-state index contributed by atoms with van der Waals surface area (Å²) in [5.74, 6) is 0.660. The number of benzene rings is 1. The molecule has 2 N–H and O–H groups in total. The molecule has 1 amide bonds. The summed E-state index contributed by atoms with van der Waals surface area (Å²) < 4.78 is 5.59. The van der Waals surface area contributed by atoms with Crippen molar-refractivity contribution in [2.45, 2.75) is 6.42 Å². The first-order chi connectivity index (χ1) is 10.2. The van der Waals surface area contributed by atoms with Gasteiger partial charge in [0, 0.05) is 19.8 Å². The van der Waals surface area contributed by atoms with E-state index in [9.17, 15) is 4.79 Å². The Morgan fingerprint density at radius 2 is 2.00 bits per heavy atom. The molecule has 2 aromatic rings. The number of ether oxygens (including phenoxy) is 1. The second-order valence-electron chi connectivity index (χ2n) is 4.68. The van der Waals surface area contributed by atoms with Crippen molar-refractivity contribution in [2.75, 3.05) is 25.9 Å². The Labute approximate surface area is 124 Å². The van der Waals surface area contributed by atoms with Gasteiger partial charge in [0.25, 0.3) is 5.91 Å². The van der Waals surface area contributed by atoms with Crippen molar-refractivity contribution in [3.8, 4) is 5.75 Å². The number of rotatable bonds is 6. The molecule has 5 nitrogen and oxygen atoms in total. The number of pyridine rings is 1. The van der Waals surface area contributed by atoms with E-state index < -0.39 is 0 Å². The van der Waals surface area contributed by atoms with Crippen LogP contribution in [0.2, 0.25) is 0 Å². The third-order valence-electron chi connectivity index (χ3n) is 3.04. The highest BCUT2D eigenvalue weighted by molar-refractivity contribution is 5.96. The van der Waals surface area contributed by atoms with E-state index in [1.165, 1.54) is 0 Å². The molecule has 0 spiro atoms. The second kappa shape index (κ2) is 7.28. The first-order valence-corrected chi connectivity index (χ1v) is 6.82. The summed E-state index contributed by atoms with van der Waals surface area (Å²) in [6, 6.07) is 13.0. The highest BCUT2D eigenvalue weighted by atomic mass is 16.5. The topological polar surface area (TPSA) is 68.5 Å². The Morgan fingerprint density at radius 3 is 2.71 bits per heavy atom. The number of aromatic nitrogens is 1. The van der Waals surface area contributed by atoms with Gasteiger partial charge < -0.3 is 15.4 Å². The molecule has 0 unspecified atom stereocenters. The van der Waals surface area contributed by atoms with Gasteiger partial charge in [-0.2, -0.15) is 0 Å². The van der Waals surface area contributed by atoms with Gasteiger partial charge in [-0.3, -0.25) is 4.79 Å². The van der Waals surface area contributed by atoms with Gasteiger partial charge in [-0.25, -0.2) is 4.98 Å². The predicted octanol–water partition coefficient (Wildman–Crippen LogP) is 2.20. The van der Waals surface area contributed by atoms with E-state index in [4.69, 9.17) is 10.5 Å². The second-order valence-corrected chi connectivity index (χ2v) is 4.68. The van der Waals surface area contributed by atoms with Crippen molar-refractivity contribution in [1.82, 2.24) is 9.88 Å². The standard InChI is InChI=1S/C16H19N3O2/c1-19(16(20)15-14(17)9-5-10-18-15)11-6-12-21-13-7-3-2-4-8-13/h2-5,7-10H,6,11-12,17H2,1H3. The molecule has 0 aliphatic rings. The van der Waals surface area contributed by atoms with Crippen molar-refractivity contribution >= 4 is 11.6 Å². The van der Waals surface area contributed by atoms with Crippen LogP contribution in [0.4, 0.5) is 5.69 Å². The van der Waals surface area contributed by atoms with Crippen LogP contribution < -0.4 is 10.5 Å². The average Bonchev–Trinajstić information content (AvgIpc) is 2.52. The van der Waals surface area contributed by atoms with Crippen molar-refractivity contribution in [3.05, 3.63) is 54.4 Å².